The van der Waals surface area contributed by atoms with Gasteiger partial charge in [-0.25, -0.2) is 0 Å². The first-order valence-corrected chi connectivity index (χ1v) is 4.64. The molecule has 0 saturated carbocycles. The lowest BCUT2D eigenvalue weighted by Crippen LogP contribution is -2.26. The SMILES string of the molecule is COC(=O)CCNC(=O)c1ccc(C)[nH]1. The van der Waals surface area contributed by atoms with Gasteiger partial charge >= 0.3 is 5.97 Å². The Balaban J connectivity index is 2.34. The predicted octanol–water partition coefficient (Wildman–Crippen LogP) is 0.616. The topological polar surface area (TPSA) is 71.2 Å². The van der Waals surface area contributed by atoms with E-state index in [1.54, 1.807) is 6.07 Å². The molecule has 82 valence electrons. The van der Waals surface area contributed by atoms with E-state index in [0.717, 1.165) is 5.69 Å². The average molecular weight is 210 g/mol. The number of ether oxygens (including phenoxy) is 1. The highest BCUT2D eigenvalue weighted by Crippen LogP contribution is 1.99. The maximum absolute atomic E-state index is 11.4. The Bertz CT molecular complexity index is 357. The Morgan fingerprint density at radius 2 is 2.20 bits per heavy atom. The number of amides is 1. The number of H-pyrrole nitrogens is 1. The van der Waals surface area contributed by atoms with E-state index in [1.807, 2.05) is 13.0 Å². The number of methoxy groups -OCH3 is 1. The fraction of sp³-hybridized carbons (Fsp3) is 0.400. The van der Waals surface area contributed by atoms with Gasteiger partial charge in [0.2, 0.25) is 0 Å². The molecule has 1 aromatic heterocycles. The molecule has 0 saturated heterocycles. The van der Waals surface area contributed by atoms with Crippen LogP contribution in [0.3, 0.4) is 0 Å². The molecule has 0 spiro atoms. The van der Waals surface area contributed by atoms with E-state index in [0.29, 0.717) is 5.69 Å². The molecule has 2 N–H and O–H groups in total. The van der Waals surface area contributed by atoms with Crippen LogP contribution >= 0.6 is 0 Å². The highest BCUT2D eigenvalue weighted by atomic mass is 16.5. The molecular formula is C10H14N2O3. The molecule has 0 fully saturated rings. The molecule has 0 bridgehead atoms. The van der Waals surface area contributed by atoms with Crippen LogP contribution in [0.4, 0.5) is 0 Å². The van der Waals surface area contributed by atoms with E-state index in [4.69, 9.17) is 0 Å². The maximum atomic E-state index is 11.4. The Morgan fingerprint density at radius 3 is 2.73 bits per heavy atom. The molecule has 0 unspecified atom stereocenters. The number of carbonyl (C=O) groups excluding carboxylic acids is 2. The third-order valence-electron chi connectivity index (χ3n) is 1.92. The second-order valence-electron chi connectivity index (χ2n) is 3.14. The first-order valence-electron chi connectivity index (χ1n) is 4.64. The fourth-order valence-electron chi connectivity index (χ4n) is 1.11. The zero-order chi connectivity index (χ0) is 11.3. The third-order valence-corrected chi connectivity index (χ3v) is 1.92. The highest BCUT2D eigenvalue weighted by Gasteiger charge is 2.07. The third kappa shape index (κ3) is 3.46. The molecule has 1 rings (SSSR count). The van der Waals surface area contributed by atoms with Crippen LogP contribution in [0.2, 0.25) is 0 Å². The quantitative estimate of drug-likeness (QED) is 0.715. The number of aromatic amines is 1. The molecule has 0 atom stereocenters. The summed E-state index contributed by atoms with van der Waals surface area (Å²) in [5.74, 6) is -0.551. The first kappa shape index (κ1) is 11.3. The minimum absolute atomic E-state index is 0.182. The van der Waals surface area contributed by atoms with Crippen molar-refractivity contribution in [3.05, 3.63) is 23.5 Å². The van der Waals surface area contributed by atoms with E-state index in [9.17, 15) is 9.59 Å². The van der Waals surface area contributed by atoms with Crippen LogP contribution in [0, 0.1) is 6.92 Å². The lowest BCUT2D eigenvalue weighted by atomic mass is 10.3. The van der Waals surface area contributed by atoms with Crippen molar-refractivity contribution in [1.82, 2.24) is 10.3 Å². The van der Waals surface area contributed by atoms with Crippen LogP contribution in [-0.2, 0) is 9.53 Å². The van der Waals surface area contributed by atoms with E-state index in [1.165, 1.54) is 7.11 Å². The summed E-state index contributed by atoms with van der Waals surface area (Å²) in [4.78, 5) is 25.1. The van der Waals surface area contributed by atoms with E-state index < -0.39 is 0 Å². The molecule has 1 amide bonds. The van der Waals surface area contributed by atoms with Crippen molar-refractivity contribution < 1.29 is 14.3 Å². The molecule has 15 heavy (non-hydrogen) atoms. The van der Waals surface area contributed by atoms with Gasteiger partial charge in [0.05, 0.1) is 13.5 Å². The van der Waals surface area contributed by atoms with Crippen molar-refractivity contribution in [2.24, 2.45) is 0 Å². The van der Waals surface area contributed by atoms with Crippen molar-refractivity contribution in [1.29, 1.82) is 0 Å². The molecule has 0 aromatic carbocycles. The van der Waals surface area contributed by atoms with Crippen LogP contribution in [-0.4, -0.2) is 30.5 Å². The monoisotopic (exact) mass is 210 g/mol. The van der Waals surface area contributed by atoms with E-state index >= 15 is 0 Å². The van der Waals surface area contributed by atoms with Gasteiger partial charge in [-0.05, 0) is 19.1 Å². The van der Waals surface area contributed by atoms with Crippen molar-refractivity contribution >= 4 is 11.9 Å². The number of nitrogens with one attached hydrogen (secondary N) is 2. The summed E-state index contributed by atoms with van der Waals surface area (Å²) in [5.41, 5.74) is 1.42. The fourth-order valence-corrected chi connectivity index (χ4v) is 1.11. The van der Waals surface area contributed by atoms with E-state index in [2.05, 4.69) is 15.0 Å². The van der Waals surface area contributed by atoms with Gasteiger partial charge in [-0.3, -0.25) is 9.59 Å². The lowest BCUT2D eigenvalue weighted by Gasteiger charge is -2.02. The molecule has 5 heteroatoms. The Hall–Kier alpha value is -1.78. The summed E-state index contributed by atoms with van der Waals surface area (Å²) >= 11 is 0. The van der Waals surface area contributed by atoms with Crippen LogP contribution < -0.4 is 5.32 Å². The second kappa shape index (κ2) is 5.19. The maximum Gasteiger partial charge on any atom is 0.307 e. The predicted molar refractivity (Wildman–Crippen MR) is 54.5 cm³/mol. The summed E-state index contributed by atoms with van der Waals surface area (Å²) in [7, 11) is 1.32. The van der Waals surface area contributed by atoms with Gasteiger partial charge in [0, 0.05) is 12.2 Å². The number of carbonyl (C=O) groups is 2. The number of aryl methyl sites for hydroxylation is 1. The molecular weight excluding hydrogens is 196 g/mol. The first-order chi connectivity index (χ1) is 7.13. The molecule has 0 aliphatic rings. The Kier molecular flexibility index (Phi) is 3.91. The molecule has 0 radical (unpaired) electrons. The average Bonchev–Trinajstić information content (AvgIpc) is 2.64. The van der Waals surface area contributed by atoms with Gasteiger partial charge in [0.15, 0.2) is 0 Å². The van der Waals surface area contributed by atoms with Crippen LogP contribution in [0.15, 0.2) is 12.1 Å². The largest absolute Gasteiger partial charge is 0.469 e. The van der Waals surface area contributed by atoms with Gasteiger partial charge in [-0.1, -0.05) is 0 Å². The smallest absolute Gasteiger partial charge is 0.307 e. The zero-order valence-electron chi connectivity index (χ0n) is 8.79. The second-order valence-corrected chi connectivity index (χ2v) is 3.14. The number of aromatic nitrogens is 1. The molecule has 0 aliphatic carbocycles. The van der Waals surface area contributed by atoms with Crippen LogP contribution in [0.5, 0.6) is 0 Å². The molecule has 1 aromatic rings. The zero-order valence-corrected chi connectivity index (χ0v) is 8.79. The minimum Gasteiger partial charge on any atom is -0.469 e. The Morgan fingerprint density at radius 1 is 1.47 bits per heavy atom. The highest BCUT2D eigenvalue weighted by molar-refractivity contribution is 5.92. The summed E-state index contributed by atoms with van der Waals surface area (Å²) in [6.45, 7) is 2.15. The summed E-state index contributed by atoms with van der Waals surface area (Å²) < 4.78 is 4.44. The summed E-state index contributed by atoms with van der Waals surface area (Å²) in [6.07, 6.45) is 0.182. The van der Waals surface area contributed by atoms with Gasteiger partial charge in [0.1, 0.15) is 5.69 Å². The normalized spacial score (nSPS) is 9.73. The summed E-state index contributed by atoms with van der Waals surface area (Å²) in [6, 6.07) is 3.51. The van der Waals surface area contributed by atoms with E-state index in [-0.39, 0.29) is 24.8 Å². The van der Waals surface area contributed by atoms with Gasteiger partial charge in [0.25, 0.3) is 5.91 Å². The van der Waals surface area contributed by atoms with Crippen molar-refractivity contribution in [3.8, 4) is 0 Å². The van der Waals surface area contributed by atoms with Gasteiger partial charge in [-0.15, -0.1) is 0 Å². The number of hydrogen-bond acceptors (Lipinski definition) is 3. The number of rotatable bonds is 4. The van der Waals surface area contributed by atoms with Crippen LogP contribution in [0.1, 0.15) is 22.6 Å². The number of hydrogen-bond donors (Lipinski definition) is 2. The minimum atomic E-state index is -0.335. The summed E-state index contributed by atoms with van der Waals surface area (Å²) in [5, 5.41) is 2.61. The van der Waals surface area contributed by atoms with Gasteiger partial charge in [-0.2, -0.15) is 0 Å². The van der Waals surface area contributed by atoms with Crippen molar-refractivity contribution in [2.75, 3.05) is 13.7 Å². The molecule has 1 heterocycles. The van der Waals surface area contributed by atoms with Gasteiger partial charge < -0.3 is 15.0 Å². The Labute approximate surface area is 87.8 Å². The lowest BCUT2D eigenvalue weighted by molar-refractivity contribution is -0.140. The van der Waals surface area contributed by atoms with Crippen molar-refractivity contribution in [3.63, 3.8) is 0 Å². The van der Waals surface area contributed by atoms with Crippen LogP contribution in [0.25, 0.3) is 0 Å². The van der Waals surface area contributed by atoms with Crippen molar-refractivity contribution in [2.45, 2.75) is 13.3 Å². The molecule has 5 nitrogen and oxygen atoms in total. The number of esters is 1. The standard InChI is InChI=1S/C10H14N2O3/c1-7-3-4-8(12-7)10(14)11-6-5-9(13)15-2/h3-4,12H,5-6H2,1-2H3,(H,11,14). The molecule has 0 aliphatic heterocycles.